The van der Waals surface area contributed by atoms with Crippen LogP contribution in [0.5, 0.6) is 5.75 Å². The molecule has 0 radical (unpaired) electrons. The highest BCUT2D eigenvalue weighted by molar-refractivity contribution is 5.87. The van der Waals surface area contributed by atoms with Gasteiger partial charge in [-0.3, -0.25) is 9.59 Å². The Morgan fingerprint density at radius 1 is 1.11 bits per heavy atom. The summed E-state index contributed by atoms with van der Waals surface area (Å²) >= 11 is 0. The molecule has 2 amide bonds. The Kier molecular flexibility index (Phi) is 7.61. The largest absolute Gasteiger partial charge is 0.483 e. The number of aryl methyl sites for hydroxylation is 2. The third-order valence-corrected chi connectivity index (χ3v) is 4.86. The molecule has 0 bridgehead atoms. The summed E-state index contributed by atoms with van der Waals surface area (Å²) in [5.74, 6) is 0.297. The lowest BCUT2D eigenvalue weighted by Crippen LogP contribution is -2.49. The van der Waals surface area contributed by atoms with Gasteiger partial charge in [0.25, 0.3) is 5.91 Å². The molecule has 5 heteroatoms. The van der Waals surface area contributed by atoms with Crippen molar-refractivity contribution in [3.63, 3.8) is 0 Å². The number of nitrogens with one attached hydrogen (secondary N) is 1. The number of nitrogens with zero attached hydrogens (tertiary/aromatic N) is 1. The summed E-state index contributed by atoms with van der Waals surface area (Å²) in [6, 6.07) is 13.1. The normalized spacial score (nSPS) is 11.6. The number of hydrogen-bond acceptors (Lipinski definition) is 3. The van der Waals surface area contributed by atoms with Gasteiger partial charge in [0, 0.05) is 13.1 Å². The molecule has 0 aliphatic heterocycles. The van der Waals surface area contributed by atoms with Gasteiger partial charge >= 0.3 is 0 Å². The minimum Gasteiger partial charge on any atom is -0.483 e. The summed E-state index contributed by atoms with van der Waals surface area (Å²) in [5.41, 5.74) is 4.22. The number of hydrogen-bond donors (Lipinski definition) is 1. The predicted molar refractivity (Wildman–Crippen MR) is 111 cm³/mol. The zero-order valence-corrected chi connectivity index (χ0v) is 17.4. The van der Waals surface area contributed by atoms with Crippen molar-refractivity contribution in [3.8, 4) is 5.75 Å². The molecular weight excluding hydrogens is 352 g/mol. The molecule has 0 heterocycles. The van der Waals surface area contributed by atoms with E-state index in [4.69, 9.17) is 4.74 Å². The van der Waals surface area contributed by atoms with Crippen molar-refractivity contribution in [3.05, 3.63) is 64.7 Å². The van der Waals surface area contributed by atoms with Gasteiger partial charge in [0.2, 0.25) is 5.91 Å². The highest BCUT2D eigenvalue weighted by atomic mass is 16.5. The summed E-state index contributed by atoms with van der Waals surface area (Å²) in [7, 11) is 0. The molecule has 1 atom stereocenters. The van der Waals surface area contributed by atoms with Crippen molar-refractivity contribution >= 4 is 11.8 Å². The SMILES string of the molecule is CCNC(=O)[C@H](C)N(Cc1cccc(C)c1)C(=O)COc1cccc(C)c1C. The monoisotopic (exact) mass is 382 g/mol. The van der Waals surface area contributed by atoms with Crippen LogP contribution in [-0.2, 0) is 16.1 Å². The Morgan fingerprint density at radius 3 is 2.50 bits per heavy atom. The fourth-order valence-corrected chi connectivity index (χ4v) is 3.01. The van der Waals surface area contributed by atoms with Gasteiger partial charge in [-0.25, -0.2) is 0 Å². The Balaban J connectivity index is 2.17. The van der Waals surface area contributed by atoms with Crippen LogP contribution in [0.2, 0.25) is 0 Å². The molecule has 0 unspecified atom stereocenters. The van der Waals surface area contributed by atoms with Crippen LogP contribution in [0.4, 0.5) is 0 Å². The van der Waals surface area contributed by atoms with E-state index in [-0.39, 0.29) is 18.4 Å². The first-order valence-corrected chi connectivity index (χ1v) is 9.65. The van der Waals surface area contributed by atoms with Crippen LogP contribution in [0.15, 0.2) is 42.5 Å². The number of carbonyl (C=O) groups excluding carboxylic acids is 2. The van der Waals surface area contributed by atoms with Crippen molar-refractivity contribution in [2.75, 3.05) is 13.2 Å². The maximum atomic E-state index is 13.0. The molecule has 2 rings (SSSR count). The molecule has 150 valence electrons. The van der Waals surface area contributed by atoms with E-state index in [1.807, 2.05) is 70.2 Å². The van der Waals surface area contributed by atoms with Crippen molar-refractivity contribution < 1.29 is 14.3 Å². The van der Waals surface area contributed by atoms with Gasteiger partial charge in [-0.1, -0.05) is 42.0 Å². The summed E-state index contributed by atoms with van der Waals surface area (Å²) in [6.45, 7) is 10.4. The number of likely N-dealkylation sites (N-methyl/N-ethyl adjacent to an activating group) is 1. The molecule has 0 aliphatic rings. The first-order chi connectivity index (χ1) is 13.3. The molecule has 2 aromatic carbocycles. The van der Waals surface area contributed by atoms with Crippen molar-refractivity contribution in [1.82, 2.24) is 10.2 Å². The van der Waals surface area contributed by atoms with Crippen LogP contribution in [0.25, 0.3) is 0 Å². The van der Waals surface area contributed by atoms with Crippen LogP contribution < -0.4 is 10.1 Å². The molecule has 28 heavy (non-hydrogen) atoms. The lowest BCUT2D eigenvalue weighted by Gasteiger charge is -2.29. The van der Waals surface area contributed by atoms with E-state index < -0.39 is 6.04 Å². The molecule has 0 fully saturated rings. The van der Waals surface area contributed by atoms with E-state index in [1.165, 1.54) is 0 Å². The lowest BCUT2D eigenvalue weighted by atomic mass is 10.1. The Labute approximate surface area is 167 Å². The molecule has 1 N–H and O–H groups in total. The van der Waals surface area contributed by atoms with E-state index in [2.05, 4.69) is 5.32 Å². The van der Waals surface area contributed by atoms with Crippen LogP contribution in [-0.4, -0.2) is 35.9 Å². The molecule has 0 saturated heterocycles. The fourth-order valence-electron chi connectivity index (χ4n) is 3.01. The molecular formula is C23H30N2O3. The second kappa shape index (κ2) is 9.93. The van der Waals surface area contributed by atoms with Crippen molar-refractivity contribution in [2.24, 2.45) is 0 Å². The Hall–Kier alpha value is -2.82. The van der Waals surface area contributed by atoms with Crippen LogP contribution in [0.1, 0.15) is 36.1 Å². The number of carbonyl (C=O) groups is 2. The highest BCUT2D eigenvalue weighted by Gasteiger charge is 2.26. The van der Waals surface area contributed by atoms with E-state index in [1.54, 1.807) is 11.8 Å². The summed E-state index contributed by atoms with van der Waals surface area (Å²) in [4.78, 5) is 26.9. The van der Waals surface area contributed by atoms with Crippen molar-refractivity contribution in [2.45, 2.75) is 47.2 Å². The van der Waals surface area contributed by atoms with Gasteiger partial charge in [-0.05, 0) is 57.4 Å². The standard InChI is InChI=1S/C23H30N2O3/c1-6-24-23(27)19(5)25(14-20-11-7-9-16(2)13-20)22(26)15-28-21-12-8-10-17(3)18(21)4/h7-13,19H,6,14-15H2,1-5H3,(H,24,27)/t19-/m0/s1. The third kappa shape index (κ3) is 5.59. The molecule has 5 nitrogen and oxygen atoms in total. The molecule has 2 aromatic rings. The summed E-state index contributed by atoms with van der Waals surface area (Å²) < 4.78 is 5.79. The van der Waals surface area contributed by atoms with E-state index in [9.17, 15) is 9.59 Å². The second-order valence-electron chi connectivity index (χ2n) is 7.07. The van der Waals surface area contributed by atoms with Crippen LogP contribution in [0, 0.1) is 20.8 Å². The van der Waals surface area contributed by atoms with Gasteiger partial charge < -0.3 is 15.0 Å². The zero-order valence-electron chi connectivity index (χ0n) is 17.4. The number of benzene rings is 2. The number of rotatable bonds is 8. The Morgan fingerprint density at radius 2 is 1.82 bits per heavy atom. The highest BCUT2D eigenvalue weighted by Crippen LogP contribution is 2.21. The molecule has 0 spiro atoms. The quantitative estimate of drug-likeness (QED) is 0.760. The lowest BCUT2D eigenvalue weighted by molar-refractivity contribution is -0.142. The average molecular weight is 383 g/mol. The van der Waals surface area contributed by atoms with Crippen LogP contribution in [0.3, 0.4) is 0 Å². The first kappa shape index (κ1) is 21.5. The average Bonchev–Trinajstić information content (AvgIpc) is 2.66. The van der Waals surface area contributed by atoms with Gasteiger partial charge in [-0.15, -0.1) is 0 Å². The number of ether oxygens (including phenoxy) is 1. The molecule has 0 aromatic heterocycles. The van der Waals surface area contributed by atoms with E-state index >= 15 is 0 Å². The summed E-state index contributed by atoms with van der Waals surface area (Å²) in [6.07, 6.45) is 0. The maximum absolute atomic E-state index is 13.0. The van der Waals surface area contributed by atoms with Gasteiger partial charge in [0.15, 0.2) is 6.61 Å². The smallest absolute Gasteiger partial charge is 0.261 e. The molecule has 0 aliphatic carbocycles. The topological polar surface area (TPSA) is 58.6 Å². The minimum atomic E-state index is -0.588. The van der Waals surface area contributed by atoms with Gasteiger partial charge in [0.05, 0.1) is 0 Å². The predicted octanol–water partition coefficient (Wildman–Crippen LogP) is 3.54. The first-order valence-electron chi connectivity index (χ1n) is 9.65. The van der Waals surface area contributed by atoms with Crippen LogP contribution >= 0.6 is 0 Å². The zero-order chi connectivity index (χ0) is 20.7. The summed E-state index contributed by atoms with van der Waals surface area (Å²) in [5, 5.41) is 2.79. The van der Waals surface area contributed by atoms with E-state index in [0.717, 1.165) is 22.3 Å². The second-order valence-corrected chi connectivity index (χ2v) is 7.07. The molecule has 0 saturated carbocycles. The minimum absolute atomic E-state index is 0.111. The fraction of sp³-hybridized carbons (Fsp3) is 0.391. The van der Waals surface area contributed by atoms with Gasteiger partial charge in [0.1, 0.15) is 11.8 Å². The Bertz CT molecular complexity index is 832. The number of amides is 2. The third-order valence-electron chi connectivity index (χ3n) is 4.86. The van der Waals surface area contributed by atoms with Crippen molar-refractivity contribution in [1.29, 1.82) is 0 Å². The van der Waals surface area contributed by atoms with E-state index in [0.29, 0.717) is 18.8 Å². The maximum Gasteiger partial charge on any atom is 0.261 e. The van der Waals surface area contributed by atoms with Gasteiger partial charge in [-0.2, -0.15) is 0 Å².